The molecule has 3 rings (SSSR count). The fourth-order valence-electron chi connectivity index (χ4n) is 2.02. The second-order valence-electron chi connectivity index (χ2n) is 4.49. The molecule has 0 unspecified atom stereocenters. The van der Waals surface area contributed by atoms with Crippen LogP contribution in [0.4, 0.5) is 5.69 Å². The molecule has 0 saturated heterocycles. The summed E-state index contributed by atoms with van der Waals surface area (Å²) >= 11 is 0. The smallest absolute Gasteiger partial charge is 0.291 e. The number of ether oxygens (including phenoxy) is 1. The van der Waals surface area contributed by atoms with Crippen molar-refractivity contribution in [2.75, 3.05) is 12.4 Å². The highest BCUT2D eigenvalue weighted by Gasteiger charge is 2.14. The van der Waals surface area contributed by atoms with Crippen LogP contribution in [-0.2, 0) is 0 Å². The Labute approximate surface area is 120 Å². The van der Waals surface area contributed by atoms with Crippen molar-refractivity contribution in [1.29, 1.82) is 0 Å². The molecule has 5 heteroatoms. The third kappa shape index (κ3) is 2.53. The van der Waals surface area contributed by atoms with Crippen molar-refractivity contribution in [3.63, 3.8) is 0 Å². The van der Waals surface area contributed by atoms with E-state index in [2.05, 4.69) is 5.32 Å². The third-order valence-electron chi connectivity index (χ3n) is 3.10. The summed E-state index contributed by atoms with van der Waals surface area (Å²) in [5.74, 6) is 0.438. The number of para-hydroxylation sites is 2. The van der Waals surface area contributed by atoms with Gasteiger partial charge in [-0.1, -0.05) is 12.1 Å². The van der Waals surface area contributed by atoms with Gasteiger partial charge in [-0.2, -0.15) is 0 Å². The maximum atomic E-state index is 12.1. The Kier molecular flexibility index (Phi) is 3.23. The zero-order valence-corrected chi connectivity index (χ0v) is 11.3. The van der Waals surface area contributed by atoms with Crippen molar-refractivity contribution in [2.45, 2.75) is 0 Å². The molecule has 2 aromatic carbocycles. The predicted octanol–water partition coefficient (Wildman–Crippen LogP) is 3.40. The van der Waals surface area contributed by atoms with Gasteiger partial charge in [0.25, 0.3) is 5.91 Å². The van der Waals surface area contributed by atoms with Crippen molar-refractivity contribution < 1.29 is 19.1 Å². The number of amides is 1. The van der Waals surface area contributed by atoms with Crippen molar-refractivity contribution in [1.82, 2.24) is 0 Å². The van der Waals surface area contributed by atoms with E-state index in [0.29, 0.717) is 17.0 Å². The van der Waals surface area contributed by atoms with Gasteiger partial charge in [-0.15, -0.1) is 0 Å². The number of methoxy groups -OCH3 is 1. The van der Waals surface area contributed by atoms with Crippen molar-refractivity contribution in [3.05, 3.63) is 54.3 Å². The third-order valence-corrected chi connectivity index (χ3v) is 3.10. The van der Waals surface area contributed by atoms with Crippen LogP contribution in [0.1, 0.15) is 10.6 Å². The van der Waals surface area contributed by atoms with Crippen molar-refractivity contribution in [2.24, 2.45) is 0 Å². The molecule has 0 aliphatic rings. The zero-order valence-electron chi connectivity index (χ0n) is 11.3. The van der Waals surface area contributed by atoms with Crippen LogP contribution in [0.2, 0.25) is 0 Å². The van der Waals surface area contributed by atoms with Crippen LogP contribution >= 0.6 is 0 Å². The number of hydrogen-bond acceptors (Lipinski definition) is 4. The lowest BCUT2D eigenvalue weighted by molar-refractivity contribution is 0.0998. The van der Waals surface area contributed by atoms with Crippen LogP contribution in [0.3, 0.4) is 0 Å². The van der Waals surface area contributed by atoms with Gasteiger partial charge in [0.2, 0.25) is 0 Å². The van der Waals surface area contributed by atoms with Gasteiger partial charge in [0, 0.05) is 5.39 Å². The summed E-state index contributed by atoms with van der Waals surface area (Å²) in [6.45, 7) is 0. The Morgan fingerprint density at radius 1 is 1.19 bits per heavy atom. The van der Waals surface area contributed by atoms with Gasteiger partial charge < -0.3 is 19.6 Å². The number of hydrogen-bond donors (Lipinski definition) is 2. The summed E-state index contributed by atoms with van der Waals surface area (Å²) in [5, 5.41) is 13.0. The van der Waals surface area contributed by atoms with E-state index in [1.54, 1.807) is 49.6 Å². The van der Waals surface area contributed by atoms with Gasteiger partial charge in [-0.05, 0) is 36.4 Å². The molecule has 5 nitrogen and oxygen atoms in total. The van der Waals surface area contributed by atoms with E-state index in [9.17, 15) is 9.90 Å². The maximum Gasteiger partial charge on any atom is 0.291 e. The number of aromatic hydroxyl groups is 1. The lowest BCUT2D eigenvalue weighted by atomic mass is 10.2. The number of carbonyl (C=O) groups is 1. The Balaban J connectivity index is 1.89. The highest BCUT2D eigenvalue weighted by atomic mass is 16.5. The molecule has 0 atom stereocenters. The van der Waals surface area contributed by atoms with Crippen LogP contribution < -0.4 is 10.1 Å². The molecule has 1 aromatic heterocycles. The lowest BCUT2D eigenvalue weighted by Crippen LogP contribution is -2.10. The average molecular weight is 283 g/mol. The minimum atomic E-state index is -0.424. The Bertz CT molecular complexity index is 807. The molecular formula is C16H13NO4. The van der Waals surface area contributed by atoms with Crippen LogP contribution in [-0.4, -0.2) is 18.1 Å². The fraction of sp³-hybridized carbons (Fsp3) is 0.0625. The molecule has 2 N–H and O–H groups in total. The average Bonchev–Trinajstić information content (AvgIpc) is 2.92. The van der Waals surface area contributed by atoms with E-state index in [0.717, 1.165) is 5.39 Å². The molecule has 21 heavy (non-hydrogen) atoms. The second-order valence-corrected chi connectivity index (χ2v) is 4.49. The topological polar surface area (TPSA) is 71.7 Å². The summed E-state index contributed by atoms with van der Waals surface area (Å²) in [6.07, 6.45) is 0. The Morgan fingerprint density at radius 3 is 2.76 bits per heavy atom. The summed E-state index contributed by atoms with van der Waals surface area (Å²) in [4.78, 5) is 12.1. The van der Waals surface area contributed by atoms with Crippen LogP contribution in [0.5, 0.6) is 11.5 Å². The molecule has 0 radical (unpaired) electrons. The monoisotopic (exact) mass is 283 g/mol. The normalized spacial score (nSPS) is 10.5. The largest absolute Gasteiger partial charge is 0.506 e. The summed E-state index contributed by atoms with van der Waals surface area (Å²) in [6, 6.07) is 13.4. The molecule has 0 aliphatic heterocycles. The molecule has 106 valence electrons. The molecule has 0 spiro atoms. The minimum Gasteiger partial charge on any atom is -0.506 e. The number of anilines is 1. The number of rotatable bonds is 3. The first kappa shape index (κ1) is 13.1. The number of furan rings is 1. The second kappa shape index (κ2) is 5.20. The first-order valence-electron chi connectivity index (χ1n) is 6.34. The molecular weight excluding hydrogens is 270 g/mol. The molecule has 1 amide bonds. The fourth-order valence-corrected chi connectivity index (χ4v) is 2.02. The molecule has 0 fully saturated rings. The van der Waals surface area contributed by atoms with Gasteiger partial charge in [0.1, 0.15) is 17.1 Å². The van der Waals surface area contributed by atoms with E-state index in [-0.39, 0.29) is 11.5 Å². The molecule has 0 bridgehead atoms. The van der Waals surface area contributed by atoms with E-state index in [1.807, 2.05) is 0 Å². The van der Waals surface area contributed by atoms with E-state index >= 15 is 0 Å². The predicted molar refractivity (Wildman–Crippen MR) is 78.8 cm³/mol. The SMILES string of the molecule is COc1ccc2oc(C(=O)Nc3ccccc3O)cc2c1. The summed E-state index contributed by atoms with van der Waals surface area (Å²) in [7, 11) is 1.58. The highest BCUT2D eigenvalue weighted by molar-refractivity contribution is 6.05. The van der Waals surface area contributed by atoms with Crippen molar-refractivity contribution in [3.8, 4) is 11.5 Å². The number of fused-ring (bicyclic) bond motifs is 1. The highest BCUT2D eigenvalue weighted by Crippen LogP contribution is 2.26. The number of nitrogens with one attached hydrogen (secondary N) is 1. The zero-order chi connectivity index (χ0) is 14.8. The van der Waals surface area contributed by atoms with Gasteiger partial charge in [-0.25, -0.2) is 0 Å². The van der Waals surface area contributed by atoms with Crippen molar-refractivity contribution >= 4 is 22.6 Å². The van der Waals surface area contributed by atoms with Crippen LogP contribution in [0, 0.1) is 0 Å². The number of benzene rings is 2. The summed E-state index contributed by atoms with van der Waals surface area (Å²) < 4.78 is 10.6. The van der Waals surface area contributed by atoms with Crippen LogP contribution in [0.25, 0.3) is 11.0 Å². The van der Waals surface area contributed by atoms with Gasteiger partial charge in [0.15, 0.2) is 5.76 Å². The first-order valence-corrected chi connectivity index (χ1v) is 6.34. The molecule has 0 aliphatic carbocycles. The molecule has 3 aromatic rings. The molecule has 0 saturated carbocycles. The maximum absolute atomic E-state index is 12.1. The van der Waals surface area contributed by atoms with Gasteiger partial charge in [-0.3, -0.25) is 4.79 Å². The van der Waals surface area contributed by atoms with E-state index in [4.69, 9.17) is 9.15 Å². The number of phenols is 1. The van der Waals surface area contributed by atoms with Gasteiger partial charge in [0.05, 0.1) is 12.8 Å². The molecule has 1 heterocycles. The standard InChI is InChI=1S/C16H13NO4/c1-20-11-6-7-14-10(8-11)9-15(21-14)16(19)17-12-4-2-3-5-13(12)18/h2-9,18H,1H3,(H,17,19). The van der Waals surface area contributed by atoms with Crippen LogP contribution in [0.15, 0.2) is 52.9 Å². The summed E-state index contributed by atoms with van der Waals surface area (Å²) in [5.41, 5.74) is 0.929. The quantitative estimate of drug-likeness (QED) is 0.723. The van der Waals surface area contributed by atoms with E-state index in [1.165, 1.54) is 6.07 Å². The minimum absolute atomic E-state index is 0.00336. The van der Waals surface area contributed by atoms with Gasteiger partial charge >= 0.3 is 0 Å². The Morgan fingerprint density at radius 2 is 2.00 bits per heavy atom. The Hall–Kier alpha value is -2.95. The van der Waals surface area contributed by atoms with E-state index < -0.39 is 5.91 Å². The lowest BCUT2D eigenvalue weighted by Gasteiger charge is -2.04. The number of carbonyl (C=O) groups excluding carboxylic acids is 1. The number of phenolic OH excluding ortho intramolecular Hbond substituents is 1. The first-order chi connectivity index (χ1) is 10.2.